The second-order valence-corrected chi connectivity index (χ2v) is 10.9. The number of halogens is 4. The zero-order valence-electron chi connectivity index (χ0n) is 18.8. The van der Waals surface area contributed by atoms with E-state index in [1.165, 1.54) is 12.1 Å². The minimum absolute atomic E-state index is 0.00535. The van der Waals surface area contributed by atoms with Crippen LogP contribution in [0.1, 0.15) is 48.1 Å². The average molecular weight is 593 g/mol. The summed E-state index contributed by atoms with van der Waals surface area (Å²) in [6, 6.07) is 19.0. The SMILES string of the molecule is CC(C)(O)[C@H](c1cc(F)cc(F)c1)C1CN(C(c2cccc(C#N)c2)c2ccc(Cl)c(I)c2)C1. The molecule has 1 fully saturated rings. The molecule has 34 heavy (non-hydrogen) atoms. The molecule has 1 unspecified atom stereocenters. The van der Waals surface area contributed by atoms with E-state index < -0.39 is 23.2 Å². The lowest BCUT2D eigenvalue weighted by Gasteiger charge is -2.50. The maximum Gasteiger partial charge on any atom is 0.126 e. The molecule has 0 radical (unpaired) electrons. The summed E-state index contributed by atoms with van der Waals surface area (Å²) in [6.45, 7) is 4.60. The van der Waals surface area contributed by atoms with Crippen molar-refractivity contribution in [2.45, 2.75) is 31.4 Å². The first-order chi connectivity index (χ1) is 16.1. The quantitative estimate of drug-likeness (QED) is 0.325. The van der Waals surface area contributed by atoms with Gasteiger partial charge in [-0.2, -0.15) is 5.26 Å². The van der Waals surface area contributed by atoms with Gasteiger partial charge in [-0.15, -0.1) is 0 Å². The molecule has 3 aromatic rings. The van der Waals surface area contributed by atoms with Gasteiger partial charge in [0.2, 0.25) is 0 Å². The number of likely N-dealkylation sites (tertiary alicyclic amines) is 1. The lowest BCUT2D eigenvalue weighted by molar-refractivity contribution is -0.0309. The Kier molecular flexibility index (Phi) is 7.30. The van der Waals surface area contributed by atoms with Crippen LogP contribution >= 0.6 is 34.2 Å². The number of hydrogen-bond donors (Lipinski definition) is 1. The summed E-state index contributed by atoms with van der Waals surface area (Å²) in [7, 11) is 0. The van der Waals surface area contributed by atoms with Crippen molar-refractivity contribution in [3.63, 3.8) is 0 Å². The van der Waals surface area contributed by atoms with Crippen molar-refractivity contribution in [3.05, 3.63) is 103 Å². The van der Waals surface area contributed by atoms with E-state index in [1.807, 2.05) is 36.4 Å². The fourth-order valence-corrected chi connectivity index (χ4v) is 5.71. The maximum absolute atomic E-state index is 14.0. The van der Waals surface area contributed by atoms with E-state index >= 15 is 0 Å². The molecule has 1 heterocycles. The summed E-state index contributed by atoms with van der Waals surface area (Å²) < 4.78 is 28.9. The van der Waals surface area contributed by atoms with Crippen LogP contribution in [0.4, 0.5) is 8.78 Å². The number of nitrogens with zero attached hydrogens (tertiary/aromatic N) is 2. The molecule has 0 bridgehead atoms. The molecule has 7 heteroatoms. The van der Waals surface area contributed by atoms with Crippen molar-refractivity contribution in [2.75, 3.05) is 13.1 Å². The molecule has 4 rings (SSSR count). The van der Waals surface area contributed by atoms with Crippen LogP contribution in [-0.4, -0.2) is 28.7 Å². The van der Waals surface area contributed by atoms with Gasteiger partial charge in [0.05, 0.1) is 28.3 Å². The van der Waals surface area contributed by atoms with Gasteiger partial charge < -0.3 is 5.11 Å². The van der Waals surface area contributed by atoms with Crippen molar-refractivity contribution < 1.29 is 13.9 Å². The highest BCUT2D eigenvalue weighted by Gasteiger charge is 2.44. The van der Waals surface area contributed by atoms with Crippen LogP contribution in [-0.2, 0) is 0 Å². The Morgan fingerprint density at radius 2 is 1.68 bits per heavy atom. The highest BCUT2D eigenvalue weighted by molar-refractivity contribution is 14.1. The Morgan fingerprint density at radius 1 is 1.03 bits per heavy atom. The van der Waals surface area contributed by atoms with Crippen molar-refractivity contribution in [3.8, 4) is 6.07 Å². The third-order valence-electron chi connectivity index (χ3n) is 6.37. The minimum Gasteiger partial charge on any atom is -0.390 e. The summed E-state index contributed by atoms with van der Waals surface area (Å²) in [5.41, 5.74) is 1.89. The lowest BCUT2D eigenvalue weighted by Crippen LogP contribution is -2.54. The Bertz CT molecular complexity index is 1230. The van der Waals surface area contributed by atoms with Crippen LogP contribution in [0.25, 0.3) is 0 Å². The summed E-state index contributed by atoms with van der Waals surface area (Å²) in [5.74, 6) is -1.75. The molecule has 1 N–H and O–H groups in total. The van der Waals surface area contributed by atoms with Gasteiger partial charge in [0.1, 0.15) is 11.6 Å². The van der Waals surface area contributed by atoms with E-state index in [0.717, 1.165) is 20.8 Å². The van der Waals surface area contributed by atoms with E-state index in [9.17, 15) is 19.1 Å². The maximum atomic E-state index is 14.0. The largest absolute Gasteiger partial charge is 0.390 e. The Hall–Kier alpha value is -2.05. The van der Waals surface area contributed by atoms with Crippen LogP contribution in [0, 0.1) is 32.5 Å². The molecular weight excluding hydrogens is 569 g/mol. The summed E-state index contributed by atoms with van der Waals surface area (Å²) in [4.78, 5) is 2.26. The van der Waals surface area contributed by atoms with Gasteiger partial charge >= 0.3 is 0 Å². The first-order valence-electron chi connectivity index (χ1n) is 10.9. The third kappa shape index (κ3) is 5.28. The first kappa shape index (κ1) is 25.1. The molecule has 0 spiro atoms. The number of hydrogen-bond acceptors (Lipinski definition) is 3. The molecule has 2 atom stereocenters. The van der Waals surface area contributed by atoms with E-state index in [0.29, 0.717) is 29.2 Å². The van der Waals surface area contributed by atoms with E-state index in [-0.39, 0.29) is 12.0 Å². The number of aliphatic hydroxyl groups is 1. The number of nitriles is 1. The topological polar surface area (TPSA) is 47.3 Å². The molecule has 1 aliphatic heterocycles. The highest BCUT2D eigenvalue weighted by Crippen LogP contribution is 2.44. The van der Waals surface area contributed by atoms with Crippen LogP contribution in [0.2, 0.25) is 5.02 Å². The molecule has 3 nitrogen and oxygen atoms in total. The van der Waals surface area contributed by atoms with Gasteiger partial charge in [-0.25, -0.2) is 8.78 Å². The second kappa shape index (κ2) is 9.90. The lowest BCUT2D eigenvalue weighted by atomic mass is 9.71. The van der Waals surface area contributed by atoms with Crippen LogP contribution in [0.5, 0.6) is 0 Å². The fourth-order valence-electron chi connectivity index (χ4n) is 5.06. The third-order valence-corrected chi connectivity index (χ3v) is 7.91. The van der Waals surface area contributed by atoms with Gasteiger partial charge in [-0.3, -0.25) is 4.90 Å². The molecule has 0 amide bonds. The number of rotatable bonds is 6. The van der Waals surface area contributed by atoms with E-state index in [1.54, 1.807) is 19.9 Å². The Balaban J connectivity index is 1.68. The van der Waals surface area contributed by atoms with Crippen LogP contribution in [0.15, 0.2) is 60.7 Å². The van der Waals surface area contributed by atoms with E-state index in [4.69, 9.17) is 11.6 Å². The minimum atomic E-state index is -1.16. The standard InChI is InChI=1S/C27H24ClF2IN2O/c1-27(2,34)25(19-9-21(29)12-22(30)10-19)20-14-33(15-20)26(17-5-3-4-16(8-17)13-32)18-6-7-23(28)24(31)11-18/h3-12,20,25-26,34H,14-15H2,1-2H3/t25-,26?/m1/s1. The predicted molar refractivity (Wildman–Crippen MR) is 138 cm³/mol. The van der Waals surface area contributed by atoms with Gasteiger partial charge in [-0.1, -0.05) is 29.8 Å². The van der Waals surface area contributed by atoms with Crippen molar-refractivity contribution in [1.82, 2.24) is 4.90 Å². The van der Waals surface area contributed by atoms with Crippen molar-refractivity contribution >= 4 is 34.2 Å². The van der Waals surface area contributed by atoms with Gasteiger partial charge in [0, 0.05) is 28.6 Å². The Morgan fingerprint density at radius 3 is 2.26 bits per heavy atom. The smallest absolute Gasteiger partial charge is 0.126 e. The van der Waals surface area contributed by atoms with Gasteiger partial charge in [0.25, 0.3) is 0 Å². The first-order valence-corrected chi connectivity index (χ1v) is 12.4. The normalized spacial score (nSPS) is 16.5. The molecule has 0 aliphatic carbocycles. The molecule has 0 saturated carbocycles. The van der Waals surface area contributed by atoms with Crippen LogP contribution in [0.3, 0.4) is 0 Å². The molecular formula is C27H24ClF2IN2O. The van der Waals surface area contributed by atoms with Crippen LogP contribution < -0.4 is 0 Å². The highest BCUT2D eigenvalue weighted by atomic mass is 127. The molecule has 176 valence electrons. The van der Waals surface area contributed by atoms with Crippen molar-refractivity contribution in [2.24, 2.45) is 5.92 Å². The van der Waals surface area contributed by atoms with E-state index in [2.05, 4.69) is 33.6 Å². The molecule has 1 aliphatic rings. The summed E-state index contributed by atoms with van der Waals surface area (Å²) >= 11 is 8.46. The fraction of sp³-hybridized carbons (Fsp3) is 0.296. The zero-order chi connectivity index (χ0) is 24.6. The summed E-state index contributed by atoms with van der Waals surface area (Å²) in [6.07, 6.45) is 0. The van der Waals surface area contributed by atoms with Crippen molar-refractivity contribution in [1.29, 1.82) is 5.26 Å². The Labute approximate surface area is 217 Å². The number of benzene rings is 3. The average Bonchev–Trinajstić information content (AvgIpc) is 2.73. The zero-order valence-corrected chi connectivity index (χ0v) is 21.7. The predicted octanol–water partition coefficient (Wildman–Crippen LogP) is 6.67. The van der Waals surface area contributed by atoms with Gasteiger partial charge in [-0.05, 0) is 95.4 Å². The second-order valence-electron chi connectivity index (χ2n) is 9.36. The molecule has 1 saturated heterocycles. The summed E-state index contributed by atoms with van der Waals surface area (Å²) in [5, 5.41) is 21.0. The molecule has 3 aromatic carbocycles. The monoisotopic (exact) mass is 592 g/mol. The van der Waals surface area contributed by atoms with Gasteiger partial charge in [0.15, 0.2) is 0 Å². The molecule has 0 aromatic heterocycles.